The van der Waals surface area contributed by atoms with Crippen LogP contribution < -0.4 is 14.4 Å². The zero-order valence-corrected chi connectivity index (χ0v) is 12.9. The smallest absolute Gasteiger partial charge is 0.306 e. The molecule has 0 fully saturated rings. The van der Waals surface area contributed by atoms with Crippen LogP contribution in [0.4, 0.5) is 5.69 Å². The number of aliphatic hydroxyl groups excluding tert-OH is 1. The highest BCUT2D eigenvalue weighted by molar-refractivity contribution is 6.03. The molecule has 2 bridgehead atoms. The van der Waals surface area contributed by atoms with Crippen molar-refractivity contribution in [2.24, 2.45) is 0 Å². The molecule has 4 rings (SSSR count). The molecule has 1 aromatic carbocycles. The number of aliphatic hydroxyl groups is 1. The molecular formula is C17H17NO6. The predicted molar refractivity (Wildman–Crippen MR) is 82.9 cm³/mol. The Labute approximate surface area is 138 Å². The van der Waals surface area contributed by atoms with Crippen LogP contribution in [0.15, 0.2) is 24.3 Å². The molecule has 0 saturated carbocycles. The average Bonchev–Trinajstić information content (AvgIpc) is 3.02. The van der Waals surface area contributed by atoms with Crippen molar-refractivity contribution in [2.45, 2.75) is 31.4 Å². The van der Waals surface area contributed by atoms with Crippen molar-refractivity contribution < 1.29 is 28.9 Å². The summed E-state index contributed by atoms with van der Waals surface area (Å²) in [5.41, 5.74) is 1.48. The van der Waals surface area contributed by atoms with Gasteiger partial charge < -0.3 is 19.3 Å². The minimum Gasteiger partial charge on any atom is -0.460 e. The maximum absolute atomic E-state index is 12.7. The molecule has 0 aromatic heterocycles. The molecule has 1 N–H and O–H groups in total. The number of allylic oxidation sites excluding steroid dienone is 1. The first-order valence-electron chi connectivity index (χ1n) is 7.90. The first-order chi connectivity index (χ1) is 11.7. The minimum absolute atomic E-state index is 0.133. The number of fused-ring (bicyclic) bond motifs is 5. The van der Waals surface area contributed by atoms with E-state index in [-0.39, 0.29) is 31.7 Å². The third-order valence-electron chi connectivity index (χ3n) is 4.50. The van der Waals surface area contributed by atoms with Crippen LogP contribution in [0.25, 0.3) is 0 Å². The van der Waals surface area contributed by atoms with Crippen molar-refractivity contribution in [1.82, 2.24) is 0 Å². The highest BCUT2D eigenvalue weighted by Crippen LogP contribution is 2.42. The van der Waals surface area contributed by atoms with Gasteiger partial charge in [-0.25, -0.2) is 0 Å². The summed E-state index contributed by atoms with van der Waals surface area (Å²) in [4.78, 5) is 26.1. The topological polar surface area (TPSA) is 85.3 Å². The van der Waals surface area contributed by atoms with Gasteiger partial charge in [0.25, 0.3) is 5.91 Å². The largest absolute Gasteiger partial charge is 0.460 e. The molecule has 2 atom stereocenters. The van der Waals surface area contributed by atoms with Gasteiger partial charge in [-0.1, -0.05) is 6.08 Å². The SMILES string of the molecule is O=C1CCC=CC(=O)N2c3cc4c(cc3C[C@H](O1)[C@H]2CO)OCO4. The van der Waals surface area contributed by atoms with Gasteiger partial charge in [0.2, 0.25) is 6.79 Å². The van der Waals surface area contributed by atoms with Crippen LogP contribution in [0, 0.1) is 0 Å². The van der Waals surface area contributed by atoms with Crippen LogP contribution in [0.2, 0.25) is 0 Å². The van der Waals surface area contributed by atoms with E-state index in [9.17, 15) is 14.7 Å². The number of amides is 1. The van der Waals surface area contributed by atoms with E-state index >= 15 is 0 Å². The number of hydrogen-bond donors (Lipinski definition) is 1. The molecule has 1 amide bonds. The van der Waals surface area contributed by atoms with Gasteiger partial charge in [0.15, 0.2) is 11.5 Å². The standard InChI is InChI=1S/C17H17NO6/c19-8-12-13-5-10-6-14-15(23-9-22-14)7-11(10)18(12)16(20)3-1-2-4-17(21)24-13/h1,3,6-7,12-13,19H,2,4-5,8-9H2/t12-,13+/m1/s1. The highest BCUT2D eigenvalue weighted by atomic mass is 16.7. The molecule has 3 aliphatic heterocycles. The molecular weight excluding hydrogens is 314 g/mol. The summed E-state index contributed by atoms with van der Waals surface area (Å²) in [7, 11) is 0. The zero-order valence-electron chi connectivity index (χ0n) is 12.9. The van der Waals surface area contributed by atoms with Gasteiger partial charge in [-0.2, -0.15) is 0 Å². The zero-order chi connectivity index (χ0) is 16.7. The van der Waals surface area contributed by atoms with E-state index in [2.05, 4.69) is 0 Å². The van der Waals surface area contributed by atoms with Crippen molar-refractivity contribution in [2.75, 3.05) is 18.3 Å². The predicted octanol–water partition coefficient (Wildman–Crippen LogP) is 0.927. The number of rotatable bonds is 1. The lowest BCUT2D eigenvalue weighted by Crippen LogP contribution is -2.54. The average molecular weight is 331 g/mol. The number of carbonyl (C=O) groups is 2. The summed E-state index contributed by atoms with van der Waals surface area (Å²) in [5, 5.41) is 9.83. The second-order valence-corrected chi connectivity index (χ2v) is 5.97. The molecule has 0 spiro atoms. The van der Waals surface area contributed by atoms with E-state index in [0.29, 0.717) is 30.0 Å². The number of nitrogens with zero attached hydrogens (tertiary/aromatic N) is 1. The molecule has 3 aliphatic rings. The van der Waals surface area contributed by atoms with Crippen molar-refractivity contribution >= 4 is 17.6 Å². The van der Waals surface area contributed by atoms with Crippen LogP contribution in [-0.2, 0) is 20.7 Å². The van der Waals surface area contributed by atoms with Gasteiger partial charge in [0.1, 0.15) is 6.10 Å². The van der Waals surface area contributed by atoms with Crippen LogP contribution in [0.3, 0.4) is 0 Å². The lowest BCUT2D eigenvalue weighted by molar-refractivity contribution is -0.151. The van der Waals surface area contributed by atoms with Crippen LogP contribution >= 0.6 is 0 Å². The Hall–Kier alpha value is -2.54. The number of hydrogen-bond acceptors (Lipinski definition) is 6. The molecule has 3 heterocycles. The number of esters is 1. The fraction of sp³-hybridized carbons (Fsp3) is 0.412. The van der Waals surface area contributed by atoms with E-state index in [1.165, 1.54) is 11.0 Å². The van der Waals surface area contributed by atoms with E-state index in [1.807, 2.05) is 6.07 Å². The molecule has 0 unspecified atom stereocenters. The third kappa shape index (κ3) is 2.41. The van der Waals surface area contributed by atoms with Crippen molar-refractivity contribution in [3.05, 3.63) is 29.8 Å². The van der Waals surface area contributed by atoms with Crippen molar-refractivity contribution in [1.29, 1.82) is 0 Å². The Morgan fingerprint density at radius 2 is 2.00 bits per heavy atom. The maximum Gasteiger partial charge on any atom is 0.306 e. The van der Waals surface area contributed by atoms with E-state index < -0.39 is 12.1 Å². The molecule has 0 saturated heterocycles. The maximum atomic E-state index is 12.7. The summed E-state index contributed by atoms with van der Waals surface area (Å²) in [6.45, 7) is -0.167. The second-order valence-electron chi connectivity index (χ2n) is 5.97. The Kier molecular flexibility index (Phi) is 3.65. The molecule has 1 aromatic rings. The fourth-order valence-corrected chi connectivity index (χ4v) is 3.35. The third-order valence-corrected chi connectivity index (χ3v) is 4.50. The van der Waals surface area contributed by atoms with Gasteiger partial charge in [-0.15, -0.1) is 0 Å². The normalized spacial score (nSPS) is 25.3. The summed E-state index contributed by atoms with van der Waals surface area (Å²) < 4.78 is 16.3. The van der Waals surface area contributed by atoms with Gasteiger partial charge >= 0.3 is 5.97 Å². The molecule has 7 nitrogen and oxygen atoms in total. The molecule has 24 heavy (non-hydrogen) atoms. The summed E-state index contributed by atoms with van der Waals surface area (Å²) in [6.07, 6.45) is 3.58. The quantitative estimate of drug-likeness (QED) is 0.771. The van der Waals surface area contributed by atoms with Gasteiger partial charge in [0, 0.05) is 18.9 Å². The number of carbonyl (C=O) groups excluding carboxylic acids is 2. The number of anilines is 1. The van der Waals surface area contributed by atoms with Crippen molar-refractivity contribution in [3.63, 3.8) is 0 Å². The number of benzene rings is 1. The Bertz CT molecular complexity index is 728. The lowest BCUT2D eigenvalue weighted by Gasteiger charge is -2.40. The van der Waals surface area contributed by atoms with Crippen LogP contribution in [0.1, 0.15) is 18.4 Å². The summed E-state index contributed by atoms with van der Waals surface area (Å²) in [6, 6.07) is 2.93. The van der Waals surface area contributed by atoms with Crippen molar-refractivity contribution in [3.8, 4) is 11.5 Å². The Morgan fingerprint density at radius 1 is 1.21 bits per heavy atom. The first kappa shape index (κ1) is 15.0. The van der Waals surface area contributed by atoms with Crippen LogP contribution in [-0.4, -0.2) is 42.5 Å². The van der Waals surface area contributed by atoms with E-state index in [1.54, 1.807) is 12.1 Å². The highest BCUT2D eigenvalue weighted by Gasteiger charge is 2.40. The second kappa shape index (κ2) is 5.83. The van der Waals surface area contributed by atoms with Gasteiger partial charge in [-0.05, 0) is 24.1 Å². The van der Waals surface area contributed by atoms with E-state index in [4.69, 9.17) is 14.2 Å². The fourth-order valence-electron chi connectivity index (χ4n) is 3.35. The summed E-state index contributed by atoms with van der Waals surface area (Å²) >= 11 is 0. The molecule has 0 aliphatic carbocycles. The minimum atomic E-state index is -0.628. The van der Waals surface area contributed by atoms with Gasteiger partial charge in [-0.3, -0.25) is 14.5 Å². The molecule has 126 valence electrons. The number of ether oxygens (including phenoxy) is 3. The Morgan fingerprint density at radius 3 is 2.79 bits per heavy atom. The monoisotopic (exact) mass is 331 g/mol. The molecule has 7 heteroatoms. The summed E-state index contributed by atoms with van der Waals surface area (Å²) in [5.74, 6) is 0.587. The van der Waals surface area contributed by atoms with E-state index in [0.717, 1.165) is 5.56 Å². The lowest BCUT2D eigenvalue weighted by atomic mass is 9.92. The van der Waals surface area contributed by atoms with Crippen LogP contribution in [0.5, 0.6) is 11.5 Å². The Balaban J connectivity index is 1.84. The first-order valence-corrected chi connectivity index (χ1v) is 7.90. The van der Waals surface area contributed by atoms with Gasteiger partial charge in [0.05, 0.1) is 18.3 Å². The molecule has 0 radical (unpaired) electrons.